The van der Waals surface area contributed by atoms with Crippen LogP contribution in [0.4, 0.5) is 5.82 Å². The molecule has 0 unspecified atom stereocenters. The number of benzene rings is 1. The van der Waals surface area contributed by atoms with E-state index in [-0.39, 0.29) is 0 Å². The van der Waals surface area contributed by atoms with Crippen molar-refractivity contribution in [2.45, 2.75) is 0 Å². The van der Waals surface area contributed by atoms with Crippen LogP contribution in [0.15, 0.2) is 18.3 Å². The van der Waals surface area contributed by atoms with E-state index in [0.717, 1.165) is 11.1 Å². The van der Waals surface area contributed by atoms with Crippen LogP contribution in [0, 0.1) is 0 Å². The van der Waals surface area contributed by atoms with Gasteiger partial charge < -0.3 is 19.9 Å². The SMILES string of the molecule is COc1cc(-c2cn(C)nc2N)cc(OC)c1OC. The highest BCUT2D eigenvalue weighted by Crippen LogP contribution is 2.41. The number of ether oxygens (including phenoxy) is 3. The van der Waals surface area contributed by atoms with Gasteiger partial charge in [0, 0.05) is 18.8 Å². The lowest BCUT2D eigenvalue weighted by Crippen LogP contribution is -1.96. The molecule has 1 aromatic carbocycles. The van der Waals surface area contributed by atoms with Crippen LogP contribution in [0.5, 0.6) is 17.2 Å². The lowest BCUT2D eigenvalue weighted by atomic mass is 10.1. The van der Waals surface area contributed by atoms with Gasteiger partial charge in [0.15, 0.2) is 17.3 Å². The molecule has 0 saturated heterocycles. The van der Waals surface area contributed by atoms with Crippen molar-refractivity contribution in [3.63, 3.8) is 0 Å². The van der Waals surface area contributed by atoms with E-state index in [4.69, 9.17) is 19.9 Å². The fraction of sp³-hybridized carbons (Fsp3) is 0.308. The maximum atomic E-state index is 5.88. The number of rotatable bonds is 4. The summed E-state index contributed by atoms with van der Waals surface area (Å²) in [5.41, 5.74) is 7.56. The zero-order valence-electron chi connectivity index (χ0n) is 11.4. The number of aryl methyl sites for hydroxylation is 1. The molecule has 2 aromatic rings. The third-order valence-electron chi connectivity index (χ3n) is 2.83. The first-order chi connectivity index (χ1) is 9.10. The Balaban J connectivity index is 2.62. The molecular weight excluding hydrogens is 246 g/mol. The topological polar surface area (TPSA) is 71.5 Å². The molecule has 2 N–H and O–H groups in total. The van der Waals surface area contributed by atoms with Gasteiger partial charge in [0.1, 0.15) is 0 Å². The van der Waals surface area contributed by atoms with Gasteiger partial charge in [-0.05, 0) is 17.7 Å². The van der Waals surface area contributed by atoms with Gasteiger partial charge in [-0.2, -0.15) is 5.10 Å². The average molecular weight is 263 g/mol. The number of aromatic nitrogens is 2. The first-order valence-corrected chi connectivity index (χ1v) is 5.70. The minimum Gasteiger partial charge on any atom is -0.493 e. The fourth-order valence-electron chi connectivity index (χ4n) is 1.96. The zero-order valence-corrected chi connectivity index (χ0v) is 11.4. The molecule has 0 aliphatic rings. The molecule has 102 valence electrons. The van der Waals surface area contributed by atoms with Gasteiger partial charge in [-0.25, -0.2) is 0 Å². The molecule has 6 nitrogen and oxygen atoms in total. The molecule has 0 amide bonds. The largest absolute Gasteiger partial charge is 0.493 e. The molecule has 1 heterocycles. The highest BCUT2D eigenvalue weighted by Gasteiger charge is 2.16. The van der Waals surface area contributed by atoms with Gasteiger partial charge in [0.2, 0.25) is 5.75 Å². The smallest absolute Gasteiger partial charge is 0.203 e. The van der Waals surface area contributed by atoms with E-state index < -0.39 is 0 Å². The van der Waals surface area contributed by atoms with E-state index in [0.29, 0.717) is 23.1 Å². The quantitative estimate of drug-likeness (QED) is 0.909. The summed E-state index contributed by atoms with van der Waals surface area (Å²) in [6.07, 6.45) is 1.84. The van der Waals surface area contributed by atoms with Gasteiger partial charge in [0.05, 0.1) is 21.3 Å². The summed E-state index contributed by atoms with van der Waals surface area (Å²) >= 11 is 0. The van der Waals surface area contributed by atoms with Crippen LogP contribution in [0.1, 0.15) is 0 Å². The molecule has 1 aromatic heterocycles. The Morgan fingerprint density at radius 2 is 1.63 bits per heavy atom. The van der Waals surface area contributed by atoms with Gasteiger partial charge in [0.25, 0.3) is 0 Å². The number of nitrogen functional groups attached to an aromatic ring is 1. The van der Waals surface area contributed by atoms with Crippen molar-refractivity contribution in [2.75, 3.05) is 27.1 Å². The van der Waals surface area contributed by atoms with Crippen molar-refractivity contribution in [3.8, 4) is 28.4 Å². The molecule has 0 saturated carbocycles. The molecule has 0 radical (unpaired) electrons. The van der Waals surface area contributed by atoms with Crippen LogP contribution in [-0.4, -0.2) is 31.1 Å². The van der Waals surface area contributed by atoms with Crippen molar-refractivity contribution >= 4 is 5.82 Å². The van der Waals surface area contributed by atoms with Crippen molar-refractivity contribution in [3.05, 3.63) is 18.3 Å². The Hall–Kier alpha value is -2.37. The summed E-state index contributed by atoms with van der Waals surface area (Å²) in [5.74, 6) is 2.17. The normalized spacial score (nSPS) is 10.3. The standard InChI is InChI=1S/C13H17N3O3/c1-16-7-9(13(14)15-16)8-5-10(17-2)12(19-4)11(6-8)18-3/h5-7H,1-4H3,(H2,14,15). The second kappa shape index (κ2) is 5.09. The Labute approximate surface area is 111 Å². The van der Waals surface area contributed by atoms with Crippen LogP contribution in [-0.2, 0) is 7.05 Å². The Morgan fingerprint density at radius 1 is 1.05 bits per heavy atom. The van der Waals surface area contributed by atoms with Gasteiger partial charge in [-0.3, -0.25) is 4.68 Å². The van der Waals surface area contributed by atoms with Crippen molar-refractivity contribution < 1.29 is 14.2 Å². The van der Waals surface area contributed by atoms with Crippen LogP contribution >= 0.6 is 0 Å². The summed E-state index contributed by atoms with van der Waals surface area (Å²) in [6, 6.07) is 3.68. The van der Waals surface area contributed by atoms with Gasteiger partial charge in [-0.1, -0.05) is 0 Å². The minimum atomic E-state index is 0.455. The van der Waals surface area contributed by atoms with E-state index in [1.807, 2.05) is 25.4 Å². The molecule has 19 heavy (non-hydrogen) atoms. The summed E-state index contributed by atoms with van der Waals surface area (Å²) in [4.78, 5) is 0. The molecule has 0 aliphatic heterocycles. The molecule has 0 atom stereocenters. The number of nitrogens with two attached hydrogens (primary N) is 1. The van der Waals surface area contributed by atoms with E-state index in [1.165, 1.54) is 0 Å². The number of hydrogen-bond acceptors (Lipinski definition) is 5. The summed E-state index contributed by atoms with van der Waals surface area (Å²) < 4.78 is 17.6. The number of anilines is 1. The van der Waals surface area contributed by atoms with Crippen LogP contribution in [0.2, 0.25) is 0 Å². The minimum absolute atomic E-state index is 0.455. The van der Waals surface area contributed by atoms with Gasteiger partial charge >= 0.3 is 0 Å². The summed E-state index contributed by atoms with van der Waals surface area (Å²) in [5, 5.41) is 4.12. The monoisotopic (exact) mass is 263 g/mol. The third-order valence-corrected chi connectivity index (χ3v) is 2.83. The first kappa shape index (κ1) is 13.1. The number of nitrogens with zero attached hydrogens (tertiary/aromatic N) is 2. The highest BCUT2D eigenvalue weighted by molar-refractivity contribution is 5.77. The zero-order chi connectivity index (χ0) is 14.0. The van der Waals surface area contributed by atoms with Crippen molar-refractivity contribution in [2.24, 2.45) is 7.05 Å². The van der Waals surface area contributed by atoms with Crippen LogP contribution in [0.25, 0.3) is 11.1 Å². The first-order valence-electron chi connectivity index (χ1n) is 5.70. The fourth-order valence-corrected chi connectivity index (χ4v) is 1.96. The van der Waals surface area contributed by atoms with E-state index in [9.17, 15) is 0 Å². The second-order valence-corrected chi connectivity index (χ2v) is 4.02. The third kappa shape index (κ3) is 2.29. The molecule has 0 aliphatic carbocycles. The Kier molecular flexibility index (Phi) is 3.50. The maximum Gasteiger partial charge on any atom is 0.203 e. The lowest BCUT2D eigenvalue weighted by molar-refractivity contribution is 0.324. The summed E-state index contributed by atoms with van der Waals surface area (Å²) in [6.45, 7) is 0. The lowest BCUT2D eigenvalue weighted by Gasteiger charge is -2.13. The van der Waals surface area contributed by atoms with E-state index in [1.54, 1.807) is 26.0 Å². The Bertz CT molecular complexity index is 568. The predicted molar refractivity (Wildman–Crippen MR) is 72.7 cm³/mol. The molecular formula is C13H17N3O3. The van der Waals surface area contributed by atoms with Crippen LogP contribution < -0.4 is 19.9 Å². The Morgan fingerprint density at radius 3 is 2.00 bits per heavy atom. The van der Waals surface area contributed by atoms with E-state index >= 15 is 0 Å². The van der Waals surface area contributed by atoms with Crippen molar-refractivity contribution in [1.29, 1.82) is 0 Å². The van der Waals surface area contributed by atoms with E-state index in [2.05, 4.69) is 5.10 Å². The molecule has 0 spiro atoms. The molecule has 2 rings (SSSR count). The number of hydrogen-bond donors (Lipinski definition) is 1. The molecule has 6 heteroatoms. The van der Waals surface area contributed by atoms with Gasteiger partial charge in [-0.15, -0.1) is 0 Å². The number of methoxy groups -OCH3 is 3. The average Bonchev–Trinajstić information content (AvgIpc) is 2.75. The highest BCUT2D eigenvalue weighted by atomic mass is 16.5. The summed E-state index contributed by atoms with van der Waals surface area (Å²) in [7, 11) is 6.54. The molecule has 0 bridgehead atoms. The van der Waals surface area contributed by atoms with Crippen molar-refractivity contribution in [1.82, 2.24) is 9.78 Å². The predicted octanol–water partition coefficient (Wildman–Crippen LogP) is 1.70. The van der Waals surface area contributed by atoms with Crippen LogP contribution in [0.3, 0.4) is 0 Å². The second-order valence-electron chi connectivity index (χ2n) is 4.02. The maximum absolute atomic E-state index is 5.88. The molecule has 0 fully saturated rings.